The van der Waals surface area contributed by atoms with Crippen molar-refractivity contribution in [2.75, 3.05) is 0 Å². The van der Waals surface area contributed by atoms with E-state index in [1.807, 2.05) is 0 Å². The van der Waals surface area contributed by atoms with Gasteiger partial charge < -0.3 is 19.9 Å². The first-order chi connectivity index (χ1) is 8.61. The molecule has 1 amide bonds. The average Bonchev–Trinajstić information content (AvgIpc) is 2.21. The number of ether oxygens (including phenoxy) is 2. The highest BCUT2D eigenvalue weighted by Crippen LogP contribution is 2.23. The zero-order chi connectivity index (χ0) is 14.8. The summed E-state index contributed by atoms with van der Waals surface area (Å²) in [6.07, 6.45) is -8.61. The number of aliphatic hydroxyl groups excluding tert-OH is 1. The van der Waals surface area contributed by atoms with Gasteiger partial charge in [0.1, 0.15) is 6.10 Å². The Bertz CT molecular complexity index is 360. The van der Waals surface area contributed by atoms with Gasteiger partial charge in [-0.05, 0) is 6.92 Å². The molecule has 1 rings (SSSR count). The number of hydrogen-bond acceptors (Lipinski definition) is 5. The fraction of sp³-hybridized carbons (Fsp3) is 0.800. The monoisotopic (exact) mass is 285 g/mol. The minimum absolute atomic E-state index is 0.301. The third-order valence-corrected chi connectivity index (χ3v) is 2.56. The second kappa shape index (κ2) is 5.74. The highest BCUT2D eigenvalue weighted by Gasteiger charge is 2.45. The molecule has 0 aromatic rings. The summed E-state index contributed by atoms with van der Waals surface area (Å²) < 4.78 is 46.3. The zero-order valence-corrected chi connectivity index (χ0v) is 10.2. The van der Waals surface area contributed by atoms with Gasteiger partial charge in [-0.2, -0.15) is 13.2 Å². The Labute approximate surface area is 106 Å². The molecule has 0 spiro atoms. The molecule has 1 aliphatic heterocycles. The molecule has 1 aliphatic rings. The molecule has 19 heavy (non-hydrogen) atoms. The second-order valence-electron chi connectivity index (χ2n) is 4.18. The van der Waals surface area contributed by atoms with Crippen LogP contribution in [0.4, 0.5) is 13.2 Å². The Morgan fingerprint density at radius 1 is 1.42 bits per heavy atom. The van der Waals surface area contributed by atoms with Crippen LogP contribution in [0.3, 0.4) is 0 Å². The van der Waals surface area contributed by atoms with E-state index in [1.165, 1.54) is 6.92 Å². The maximum atomic E-state index is 12.2. The lowest BCUT2D eigenvalue weighted by molar-refractivity contribution is -0.217. The van der Waals surface area contributed by atoms with Crippen molar-refractivity contribution in [2.24, 2.45) is 0 Å². The molecular formula is C10H14F3NO5. The van der Waals surface area contributed by atoms with Crippen LogP contribution in [0.15, 0.2) is 0 Å². The maximum Gasteiger partial charge on any atom is 0.471 e. The van der Waals surface area contributed by atoms with E-state index in [9.17, 15) is 27.9 Å². The first-order valence-electron chi connectivity index (χ1n) is 5.49. The molecule has 1 fully saturated rings. The molecule has 2 N–H and O–H groups in total. The number of halogens is 3. The average molecular weight is 285 g/mol. The molecule has 0 aromatic carbocycles. The van der Waals surface area contributed by atoms with Gasteiger partial charge in [0.2, 0.25) is 0 Å². The molecule has 4 atom stereocenters. The number of nitrogens with one attached hydrogen (secondary N) is 1. The highest BCUT2D eigenvalue weighted by atomic mass is 19.4. The van der Waals surface area contributed by atoms with E-state index < -0.39 is 42.6 Å². The van der Waals surface area contributed by atoms with Gasteiger partial charge in [0.05, 0.1) is 12.1 Å². The predicted octanol–water partition coefficient (Wildman–Crippen LogP) is 0.0924. The van der Waals surface area contributed by atoms with E-state index in [2.05, 4.69) is 0 Å². The van der Waals surface area contributed by atoms with Crippen molar-refractivity contribution >= 4 is 11.9 Å². The van der Waals surface area contributed by atoms with Crippen molar-refractivity contribution < 1.29 is 37.3 Å². The summed E-state index contributed by atoms with van der Waals surface area (Å²) in [5.74, 6) is -2.88. The molecule has 0 saturated carbocycles. The van der Waals surface area contributed by atoms with Crippen LogP contribution in [-0.2, 0) is 19.1 Å². The van der Waals surface area contributed by atoms with Gasteiger partial charge in [-0.1, -0.05) is 0 Å². The lowest BCUT2D eigenvalue weighted by atomic mass is 9.99. The number of esters is 1. The first kappa shape index (κ1) is 15.7. The predicted molar refractivity (Wildman–Crippen MR) is 54.7 cm³/mol. The summed E-state index contributed by atoms with van der Waals surface area (Å²) in [6.45, 7) is 2.50. The smallest absolute Gasteiger partial charge is 0.458 e. The van der Waals surface area contributed by atoms with Crippen molar-refractivity contribution in [3.05, 3.63) is 0 Å². The Morgan fingerprint density at radius 2 is 2.00 bits per heavy atom. The van der Waals surface area contributed by atoms with E-state index in [0.717, 1.165) is 6.92 Å². The van der Waals surface area contributed by atoms with Gasteiger partial charge in [-0.3, -0.25) is 9.59 Å². The van der Waals surface area contributed by atoms with Crippen molar-refractivity contribution in [1.29, 1.82) is 0 Å². The van der Waals surface area contributed by atoms with E-state index in [-0.39, 0.29) is 6.42 Å². The fourth-order valence-corrected chi connectivity index (χ4v) is 1.82. The van der Waals surface area contributed by atoms with Crippen molar-refractivity contribution in [2.45, 2.75) is 51.0 Å². The molecule has 0 radical (unpaired) electrons. The zero-order valence-electron chi connectivity index (χ0n) is 10.2. The Balaban J connectivity index is 2.79. The molecule has 110 valence electrons. The minimum atomic E-state index is -5.05. The van der Waals surface area contributed by atoms with Gasteiger partial charge in [-0.25, -0.2) is 0 Å². The molecule has 0 aliphatic carbocycles. The summed E-state index contributed by atoms with van der Waals surface area (Å²) in [5.41, 5.74) is 0. The number of hydrogen-bond donors (Lipinski definition) is 2. The van der Waals surface area contributed by atoms with E-state index >= 15 is 0 Å². The molecule has 1 saturated heterocycles. The lowest BCUT2D eigenvalue weighted by Crippen LogP contribution is -2.58. The summed E-state index contributed by atoms with van der Waals surface area (Å²) >= 11 is 0. The molecule has 6 nitrogen and oxygen atoms in total. The van der Waals surface area contributed by atoms with Crippen LogP contribution >= 0.6 is 0 Å². The van der Waals surface area contributed by atoms with Gasteiger partial charge in [0.15, 0.2) is 6.29 Å². The van der Waals surface area contributed by atoms with E-state index in [1.54, 1.807) is 5.32 Å². The number of rotatable bonds is 2. The number of carbonyl (C=O) groups excluding carboxylic acids is 2. The normalized spacial score (nSPS) is 31.7. The van der Waals surface area contributed by atoms with Crippen LogP contribution in [0.25, 0.3) is 0 Å². The largest absolute Gasteiger partial charge is 0.471 e. The van der Waals surface area contributed by atoms with Crippen LogP contribution in [0.1, 0.15) is 20.3 Å². The van der Waals surface area contributed by atoms with Gasteiger partial charge >= 0.3 is 18.1 Å². The molecule has 9 heteroatoms. The summed E-state index contributed by atoms with van der Waals surface area (Å²) in [7, 11) is 0. The van der Waals surface area contributed by atoms with Crippen molar-refractivity contribution in [3.8, 4) is 0 Å². The lowest BCUT2D eigenvalue weighted by Gasteiger charge is -2.38. The van der Waals surface area contributed by atoms with Crippen molar-refractivity contribution in [3.63, 3.8) is 0 Å². The summed E-state index contributed by atoms with van der Waals surface area (Å²) in [4.78, 5) is 21.8. The van der Waals surface area contributed by atoms with Crippen molar-refractivity contribution in [1.82, 2.24) is 5.32 Å². The van der Waals surface area contributed by atoms with Gasteiger partial charge in [-0.15, -0.1) is 0 Å². The number of aliphatic hydroxyl groups is 1. The minimum Gasteiger partial charge on any atom is -0.458 e. The summed E-state index contributed by atoms with van der Waals surface area (Å²) in [6, 6.07) is -1.17. The van der Waals surface area contributed by atoms with Crippen LogP contribution in [0.5, 0.6) is 0 Å². The maximum absolute atomic E-state index is 12.2. The topological polar surface area (TPSA) is 84.9 Å². The summed E-state index contributed by atoms with van der Waals surface area (Å²) in [5, 5.41) is 11.0. The molecule has 1 heterocycles. The highest BCUT2D eigenvalue weighted by molar-refractivity contribution is 5.82. The number of alkyl halides is 3. The Hall–Kier alpha value is -1.35. The van der Waals surface area contributed by atoms with Crippen LogP contribution in [0.2, 0.25) is 0 Å². The van der Waals surface area contributed by atoms with Gasteiger partial charge in [0.25, 0.3) is 0 Å². The molecular weight excluding hydrogens is 271 g/mol. The number of carbonyl (C=O) groups is 2. The van der Waals surface area contributed by atoms with Crippen LogP contribution < -0.4 is 5.32 Å². The van der Waals surface area contributed by atoms with E-state index in [0.29, 0.717) is 0 Å². The second-order valence-corrected chi connectivity index (χ2v) is 4.18. The molecule has 0 bridgehead atoms. The van der Waals surface area contributed by atoms with Crippen LogP contribution in [-0.4, -0.2) is 47.7 Å². The third kappa shape index (κ3) is 4.35. The first-order valence-corrected chi connectivity index (χ1v) is 5.49. The SMILES string of the molecule is CC(=O)O[C@@H]1[C@H](C)O[C@@H](O)C[C@H]1NC(=O)C(F)(F)F. The quantitative estimate of drug-likeness (QED) is 0.703. The molecule has 0 aromatic heterocycles. The van der Waals surface area contributed by atoms with E-state index in [4.69, 9.17) is 9.47 Å². The fourth-order valence-electron chi connectivity index (χ4n) is 1.82. The third-order valence-electron chi connectivity index (χ3n) is 2.56. The van der Waals surface area contributed by atoms with Gasteiger partial charge in [0, 0.05) is 13.3 Å². The Kier molecular flexibility index (Phi) is 4.75. The standard InChI is InChI=1S/C10H14F3NO5/c1-4-8(19-5(2)15)6(3-7(16)18-4)14-9(17)10(11,12)13/h4,6-8,16H,3H2,1-2H3,(H,14,17)/t4-,6+,7+,8+/m0/s1. The Morgan fingerprint density at radius 3 is 2.47 bits per heavy atom. The number of amides is 1. The van der Waals surface area contributed by atoms with Crippen LogP contribution in [0, 0.1) is 0 Å². The molecule has 0 unspecified atom stereocenters.